The molecule has 0 spiro atoms. The number of aliphatic hydroxyl groups excluding tert-OH is 1. The molecule has 0 bridgehead atoms. The molecule has 0 radical (unpaired) electrons. The summed E-state index contributed by atoms with van der Waals surface area (Å²) >= 11 is 3.46. The second-order valence-electron chi connectivity index (χ2n) is 5.32. The second kappa shape index (κ2) is 6.73. The summed E-state index contributed by atoms with van der Waals surface area (Å²) in [6.45, 7) is 5.16. The van der Waals surface area contributed by atoms with E-state index in [1.165, 1.54) is 18.4 Å². The van der Waals surface area contributed by atoms with Gasteiger partial charge in [0.2, 0.25) is 0 Å². The fraction of sp³-hybridized carbons (Fsp3) is 0.600. The van der Waals surface area contributed by atoms with Crippen molar-refractivity contribution in [3.63, 3.8) is 0 Å². The Labute approximate surface area is 123 Å². The van der Waals surface area contributed by atoms with Crippen LogP contribution in [0, 0.1) is 12.8 Å². The molecule has 3 nitrogen and oxygen atoms in total. The lowest BCUT2D eigenvalue weighted by molar-refractivity contribution is 0.105. The molecule has 1 saturated carbocycles. The first-order chi connectivity index (χ1) is 9.10. The summed E-state index contributed by atoms with van der Waals surface area (Å²) in [5, 5.41) is 13.3. The third-order valence-corrected chi connectivity index (χ3v) is 4.20. The second-order valence-corrected chi connectivity index (χ2v) is 6.17. The summed E-state index contributed by atoms with van der Waals surface area (Å²) in [6.07, 6.45) is 2.00. The van der Waals surface area contributed by atoms with Gasteiger partial charge in [0.05, 0.1) is 4.47 Å². The molecule has 4 heteroatoms. The average molecular weight is 328 g/mol. The summed E-state index contributed by atoms with van der Waals surface area (Å²) in [5.41, 5.74) is 1.18. The predicted molar refractivity (Wildman–Crippen MR) is 80.6 cm³/mol. The smallest absolute Gasteiger partial charge is 0.133 e. The van der Waals surface area contributed by atoms with E-state index in [2.05, 4.69) is 28.2 Å². The maximum Gasteiger partial charge on any atom is 0.133 e. The maximum absolute atomic E-state index is 9.89. The first-order valence-electron chi connectivity index (χ1n) is 6.90. The lowest BCUT2D eigenvalue weighted by atomic mass is 10.2. The van der Waals surface area contributed by atoms with Crippen molar-refractivity contribution >= 4 is 15.9 Å². The topological polar surface area (TPSA) is 41.5 Å². The molecule has 0 heterocycles. The van der Waals surface area contributed by atoms with Gasteiger partial charge in [0.1, 0.15) is 18.5 Å². The minimum absolute atomic E-state index is 0.318. The van der Waals surface area contributed by atoms with Gasteiger partial charge in [0.25, 0.3) is 0 Å². The van der Waals surface area contributed by atoms with Crippen LogP contribution in [0.4, 0.5) is 0 Å². The minimum atomic E-state index is -0.466. The molecule has 0 amide bonds. The zero-order chi connectivity index (χ0) is 13.8. The molecule has 1 aromatic carbocycles. The Balaban J connectivity index is 1.69. The van der Waals surface area contributed by atoms with E-state index in [9.17, 15) is 5.11 Å². The Kier molecular flexibility index (Phi) is 5.25. The summed E-state index contributed by atoms with van der Waals surface area (Å²) in [4.78, 5) is 0. The van der Waals surface area contributed by atoms with E-state index in [-0.39, 0.29) is 0 Å². The highest BCUT2D eigenvalue weighted by atomic mass is 79.9. The summed E-state index contributed by atoms with van der Waals surface area (Å²) < 4.78 is 6.55. The van der Waals surface area contributed by atoms with E-state index >= 15 is 0 Å². The van der Waals surface area contributed by atoms with E-state index in [1.807, 2.05) is 25.1 Å². The van der Waals surface area contributed by atoms with Crippen LogP contribution in [0.3, 0.4) is 0 Å². The van der Waals surface area contributed by atoms with Crippen molar-refractivity contribution in [2.45, 2.75) is 38.8 Å². The molecule has 0 aliphatic heterocycles. The van der Waals surface area contributed by atoms with Gasteiger partial charge in [-0.2, -0.15) is 0 Å². The first-order valence-corrected chi connectivity index (χ1v) is 7.69. The van der Waals surface area contributed by atoms with E-state index in [0.717, 1.165) is 16.1 Å². The van der Waals surface area contributed by atoms with Crippen molar-refractivity contribution in [3.8, 4) is 5.75 Å². The summed E-state index contributed by atoms with van der Waals surface area (Å²) in [5.74, 6) is 1.59. The Hall–Kier alpha value is -0.580. The van der Waals surface area contributed by atoms with Gasteiger partial charge in [0.15, 0.2) is 0 Å². The molecular weight excluding hydrogens is 306 g/mol. The zero-order valence-corrected chi connectivity index (χ0v) is 13.1. The van der Waals surface area contributed by atoms with Crippen LogP contribution < -0.4 is 10.1 Å². The number of hydrogen-bond acceptors (Lipinski definition) is 3. The number of rotatable bonds is 7. The number of aliphatic hydroxyl groups is 1. The van der Waals surface area contributed by atoms with Gasteiger partial charge < -0.3 is 15.2 Å². The fourth-order valence-corrected chi connectivity index (χ4v) is 2.81. The highest BCUT2D eigenvalue weighted by molar-refractivity contribution is 9.10. The van der Waals surface area contributed by atoms with E-state index < -0.39 is 6.10 Å². The molecule has 2 rings (SSSR count). The molecule has 0 saturated heterocycles. The normalized spacial score (nSPS) is 23.2. The van der Waals surface area contributed by atoms with Crippen molar-refractivity contribution in [2.75, 3.05) is 13.2 Å². The van der Waals surface area contributed by atoms with Crippen LogP contribution in [0.1, 0.15) is 25.3 Å². The lowest BCUT2D eigenvalue weighted by Gasteiger charge is -2.14. The summed E-state index contributed by atoms with van der Waals surface area (Å²) in [6, 6.07) is 6.54. The molecule has 2 N–H and O–H groups in total. The zero-order valence-electron chi connectivity index (χ0n) is 11.5. The van der Waals surface area contributed by atoms with Crippen LogP contribution in [0.2, 0.25) is 0 Å². The Morgan fingerprint density at radius 3 is 2.95 bits per heavy atom. The minimum Gasteiger partial charge on any atom is -0.490 e. The largest absolute Gasteiger partial charge is 0.490 e. The van der Waals surface area contributed by atoms with Crippen LogP contribution in [0.25, 0.3) is 0 Å². The monoisotopic (exact) mass is 327 g/mol. The maximum atomic E-state index is 9.89. The highest BCUT2D eigenvalue weighted by Crippen LogP contribution is 2.32. The molecule has 3 atom stereocenters. The fourth-order valence-electron chi connectivity index (χ4n) is 2.20. The molecule has 1 fully saturated rings. The highest BCUT2D eigenvalue weighted by Gasteiger charge is 2.34. The lowest BCUT2D eigenvalue weighted by Crippen LogP contribution is -2.33. The number of nitrogens with one attached hydrogen (secondary N) is 1. The quantitative estimate of drug-likeness (QED) is 0.809. The van der Waals surface area contributed by atoms with Gasteiger partial charge in [-0.3, -0.25) is 0 Å². The molecule has 0 aromatic heterocycles. The van der Waals surface area contributed by atoms with Gasteiger partial charge in [-0.25, -0.2) is 0 Å². The van der Waals surface area contributed by atoms with E-state index in [1.54, 1.807) is 0 Å². The SMILES string of the molecule is CCC1CC1NCC(O)COc1ccc(C)cc1Br. The summed E-state index contributed by atoms with van der Waals surface area (Å²) in [7, 11) is 0. The van der Waals surface area contributed by atoms with E-state index in [4.69, 9.17) is 4.74 Å². The molecule has 1 aliphatic rings. The molecule has 19 heavy (non-hydrogen) atoms. The third kappa shape index (κ3) is 4.48. The number of ether oxygens (including phenoxy) is 1. The molecule has 3 unspecified atom stereocenters. The van der Waals surface area contributed by atoms with Gasteiger partial charge >= 0.3 is 0 Å². The van der Waals surface area contributed by atoms with Crippen LogP contribution >= 0.6 is 15.9 Å². The Bertz CT molecular complexity index is 425. The van der Waals surface area contributed by atoms with Crippen molar-refractivity contribution < 1.29 is 9.84 Å². The molecule has 106 valence electrons. The average Bonchev–Trinajstić information content (AvgIpc) is 3.14. The van der Waals surface area contributed by atoms with Gasteiger partial charge in [0, 0.05) is 12.6 Å². The predicted octanol–water partition coefficient (Wildman–Crippen LogP) is 2.89. The van der Waals surface area contributed by atoms with Crippen LogP contribution in [-0.2, 0) is 0 Å². The first kappa shape index (κ1) is 14.8. The van der Waals surface area contributed by atoms with Crippen molar-refractivity contribution in [1.29, 1.82) is 0 Å². The third-order valence-electron chi connectivity index (χ3n) is 3.58. The molecule has 1 aliphatic carbocycles. The molecule has 1 aromatic rings. The van der Waals surface area contributed by atoms with Crippen LogP contribution in [-0.4, -0.2) is 30.4 Å². The van der Waals surface area contributed by atoms with Crippen LogP contribution in [0.15, 0.2) is 22.7 Å². The van der Waals surface area contributed by atoms with Crippen LogP contribution in [0.5, 0.6) is 5.75 Å². The standard InChI is InChI=1S/C15H22BrNO2/c1-3-11-7-14(11)17-8-12(18)9-19-15-5-4-10(2)6-13(15)16/h4-6,11-12,14,17-18H,3,7-9H2,1-2H3. The Morgan fingerprint density at radius 2 is 2.32 bits per heavy atom. The Morgan fingerprint density at radius 1 is 1.53 bits per heavy atom. The molecular formula is C15H22BrNO2. The van der Waals surface area contributed by atoms with Crippen molar-refractivity contribution in [3.05, 3.63) is 28.2 Å². The van der Waals surface area contributed by atoms with Crippen molar-refractivity contribution in [2.24, 2.45) is 5.92 Å². The van der Waals surface area contributed by atoms with Gasteiger partial charge in [-0.05, 0) is 52.9 Å². The number of benzene rings is 1. The van der Waals surface area contributed by atoms with Crippen molar-refractivity contribution in [1.82, 2.24) is 5.32 Å². The number of halogens is 1. The van der Waals surface area contributed by atoms with Gasteiger partial charge in [-0.1, -0.05) is 19.4 Å². The number of hydrogen-bond donors (Lipinski definition) is 2. The van der Waals surface area contributed by atoms with E-state index in [0.29, 0.717) is 19.2 Å². The number of aryl methyl sites for hydroxylation is 1. The van der Waals surface area contributed by atoms with Gasteiger partial charge in [-0.15, -0.1) is 0 Å².